The van der Waals surface area contributed by atoms with Crippen LogP contribution in [0.2, 0.25) is 0 Å². The molecule has 2 nitrogen and oxygen atoms in total. The quantitative estimate of drug-likeness (QED) is 0.676. The zero-order valence-electron chi connectivity index (χ0n) is 9.26. The summed E-state index contributed by atoms with van der Waals surface area (Å²) in [5, 5.41) is -0.0683. The van der Waals surface area contributed by atoms with Crippen LogP contribution < -0.4 is 0 Å². The first-order valence-electron chi connectivity index (χ1n) is 4.91. The van der Waals surface area contributed by atoms with E-state index in [0.29, 0.717) is 13.1 Å². The SMILES string of the molecule is CC(Cl)CN(CC(C)Cl)C(=O)C(C)C. The summed E-state index contributed by atoms with van der Waals surface area (Å²) in [6.07, 6.45) is 0. The van der Waals surface area contributed by atoms with Crippen LogP contribution in [0.4, 0.5) is 0 Å². The van der Waals surface area contributed by atoms with E-state index in [4.69, 9.17) is 23.2 Å². The van der Waals surface area contributed by atoms with Gasteiger partial charge in [-0.2, -0.15) is 0 Å². The van der Waals surface area contributed by atoms with Crippen molar-refractivity contribution in [1.29, 1.82) is 0 Å². The monoisotopic (exact) mass is 239 g/mol. The fourth-order valence-corrected chi connectivity index (χ4v) is 1.56. The zero-order valence-corrected chi connectivity index (χ0v) is 10.8. The molecule has 0 aromatic heterocycles. The molecule has 0 aliphatic heterocycles. The Morgan fingerprint density at radius 1 is 1.07 bits per heavy atom. The lowest BCUT2D eigenvalue weighted by molar-refractivity contribution is -0.134. The number of alkyl halides is 2. The Bertz CT molecular complexity index is 171. The molecule has 0 radical (unpaired) electrons. The van der Waals surface area contributed by atoms with E-state index in [-0.39, 0.29) is 22.6 Å². The molecule has 0 aromatic rings. The van der Waals surface area contributed by atoms with Crippen molar-refractivity contribution in [2.75, 3.05) is 13.1 Å². The average Bonchev–Trinajstić information content (AvgIpc) is 1.99. The fraction of sp³-hybridized carbons (Fsp3) is 0.900. The van der Waals surface area contributed by atoms with Crippen LogP contribution >= 0.6 is 23.2 Å². The summed E-state index contributed by atoms with van der Waals surface area (Å²) in [4.78, 5) is 13.5. The maximum absolute atomic E-state index is 11.7. The van der Waals surface area contributed by atoms with Gasteiger partial charge in [0.2, 0.25) is 5.91 Å². The number of amides is 1. The van der Waals surface area contributed by atoms with Crippen LogP contribution in [0.1, 0.15) is 27.7 Å². The van der Waals surface area contributed by atoms with Crippen LogP contribution in [0.5, 0.6) is 0 Å². The van der Waals surface area contributed by atoms with Gasteiger partial charge < -0.3 is 4.90 Å². The second-order valence-electron chi connectivity index (χ2n) is 3.96. The lowest BCUT2D eigenvalue weighted by Gasteiger charge is -2.26. The molecular weight excluding hydrogens is 221 g/mol. The molecule has 2 atom stereocenters. The molecule has 14 heavy (non-hydrogen) atoms. The molecule has 0 spiro atoms. The van der Waals surface area contributed by atoms with E-state index in [0.717, 1.165) is 0 Å². The lowest BCUT2D eigenvalue weighted by Crippen LogP contribution is -2.40. The maximum atomic E-state index is 11.7. The molecule has 0 aliphatic carbocycles. The van der Waals surface area contributed by atoms with Crippen LogP contribution in [0.15, 0.2) is 0 Å². The van der Waals surface area contributed by atoms with E-state index in [9.17, 15) is 4.79 Å². The number of rotatable bonds is 5. The van der Waals surface area contributed by atoms with Gasteiger partial charge in [0.25, 0.3) is 0 Å². The van der Waals surface area contributed by atoms with Gasteiger partial charge in [-0.3, -0.25) is 4.79 Å². The second kappa shape index (κ2) is 6.52. The van der Waals surface area contributed by atoms with E-state index in [1.807, 2.05) is 27.7 Å². The van der Waals surface area contributed by atoms with Gasteiger partial charge in [-0.1, -0.05) is 13.8 Å². The van der Waals surface area contributed by atoms with Gasteiger partial charge in [-0.05, 0) is 13.8 Å². The fourth-order valence-electron chi connectivity index (χ4n) is 1.23. The topological polar surface area (TPSA) is 20.3 Å². The van der Waals surface area contributed by atoms with Crippen LogP contribution in [0.25, 0.3) is 0 Å². The van der Waals surface area contributed by atoms with E-state index in [2.05, 4.69) is 0 Å². The number of hydrogen-bond donors (Lipinski definition) is 0. The number of carbonyl (C=O) groups is 1. The first kappa shape index (κ1) is 14.1. The zero-order chi connectivity index (χ0) is 11.3. The predicted octanol–water partition coefficient (Wildman–Crippen LogP) is 2.73. The summed E-state index contributed by atoms with van der Waals surface area (Å²) < 4.78 is 0. The van der Waals surface area contributed by atoms with Gasteiger partial charge in [0.15, 0.2) is 0 Å². The Kier molecular flexibility index (Phi) is 6.54. The van der Waals surface area contributed by atoms with Crippen molar-refractivity contribution in [3.8, 4) is 0 Å². The summed E-state index contributed by atoms with van der Waals surface area (Å²) in [6, 6.07) is 0. The minimum absolute atomic E-state index is 0.000772. The van der Waals surface area contributed by atoms with Crippen molar-refractivity contribution in [2.24, 2.45) is 5.92 Å². The van der Waals surface area contributed by atoms with Crippen molar-refractivity contribution >= 4 is 29.1 Å². The summed E-state index contributed by atoms with van der Waals surface area (Å²) in [5.74, 6) is 0.117. The first-order valence-corrected chi connectivity index (χ1v) is 5.78. The smallest absolute Gasteiger partial charge is 0.225 e. The molecule has 0 N–H and O–H groups in total. The average molecular weight is 240 g/mol. The Morgan fingerprint density at radius 2 is 1.43 bits per heavy atom. The highest BCUT2D eigenvalue weighted by atomic mass is 35.5. The molecule has 0 saturated heterocycles. The van der Waals surface area contributed by atoms with E-state index in [1.54, 1.807) is 4.90 Å². The van der Waals surface area contributed by atoms with Gasteiger partial charge >= 0.3 is 0 Å². The van der Waals surface area contributed by atoms with Gasteiger partial charge in [0.05, 0.1) is 0 Å². The van der Waals surface area contributed by atoms with Gasteiger partial charge in [-0.15, -0.1) is 23.2 Å². The van der Waals surface area contributed by atoms with Crippen molar-refractivity contribution in [2.45, 2.75) is 38.4 Å². The van der Waals surface area contributed by atoms with Crippen LogP contribution in [-0.2, 0) is 4.79 Å². The minimum atomic E-state index is -0.0342. The van der Waals surface area contributed by atoms with Crippen LogP contribution in [-0.4, -0.2) is 34.7 Å². The largest absolute Gasteiger partial charge is 0.340 e. The Hall–Kier alpha value is 0.0500. The van der Waals surface area contributed by atoms with E-state index in [1.165, 1.54) is 0 Å². The predicted molar refractivity (Wildman–Crippen MR) is 62.0 cm³/mol. The third kappa shape index (κ3) is 5.71. The van der Waals surface area contributed by atoms with Gasteiger partial charge in [0, 0.05) is 29.8 Å². The van der Waals surface area contributed by atoms with Crippen molar-refractivity contribution in [3.05, 3.63) is 0 Å². The highest BCUT2D eigenvalue weighted by Crippen LogP contribution is 2.08. The van der Waals surface area contributed by atoms with Crippen LogP contribution in [0, 0.1) is 5.92 Å². The molecule has 0 aliphatic rings. The molecule has 2 unspecified atom stereocenters. The molecule has 0 bridgehead atoms. The van der Waals surface area contributed by atoms with Crippen LogP contribution in [0.3, 0.4) is 0 Å². The second-order valence-corrected chi connectivity index (χ2v) is 5.45. The molecule has 84 valence electrons. The first-order chi connectivity index (χ1) is 6.34. The Labute approximate surface area is 96.6 Å². The molecule has 0 aromatic carbocycles. The van der Waals surface area contributed by atoms with Gasteiger partial charge in [0.1, 0.15) is 0 Å². The molecule has 1 amide bonds. The van der Waals surface area contributed by atoms with Crippen molar-refractivity contribution in [1.82, 2.24) is 4.90 Å². The molecule has 0 heterocycles. The highest BCUT2D eigenvalue weighted by Gasteiger charge is 2.19. The van der Waals surface area contributed by atoms with Crippen molar-refractivity contribution < 1.29 is 4.79 Å². The van der Waals surface area contributed by atoms with Crippen molar-refractivity contribution in [3.63, 3.8) is 0 Å². The third-order valence-electron chi connectivity index (χ3n) is 1.75. The Balaban J connectivity index is 4.31. The molecule has 4 heteroatoms. The number of nitrogens with zero attached hydrogens (tertiary/aromatic N) is 1. The number of carbonyl (C=O) groups excluding carboxylic acids is 1. The molecular formula is C10H19Cl2NO. The number of hydrogen-bond acceptors (Lipinski definition) is 1. The Morgan fingerprint density at radius 3 is 1.64 bits per heavy atom. The summed E-state index contributed by atoms with van der Waals surface area (Å²) >= 11 is 11.7. The maximum Gasteiger partial charge on any atom is 0.225 e. The summed E-state index contributed by atoms with van der Waals surface area (Å²) in [7, 11) is 0. The molecule has 0 saturated carbocycles. The van der Waals surface area contributed by atoms with E-state index >= 15 is 0 Å². The molecule has 0 rings (SSSR count). The van der Waals surface area contributed by atoms with E-state index < -0.39 is 0 Å². The molecule has 0 fully saturated rings. The lowest BCUT2D eigenvalue weighted by atomic mass is 10.2. The highest BCUT2D eigenvalue weighted by molar-refractivity contribution is 6.21. The minimum Gasteiger partial charge on any atom is -0.340 e. The summed E-state index contributed by atoms with van der Waals surface area (Å²) in [5.41, 5.74) is 0. The normalized spacial score (nSPS) is 15.4. The van der Waals surface area contributed by atoms with Gasteiger partial charge in [-0.25, -0.2) is 0 Å². The number of halogens is 2. The standard InChI is InChI=1S/C10H19Cl2NO/c1-7(2)10(14)13(5-8(3)11)6-9(4)12/h7-9H,5-6H2,1-4H3. The third-order valence-corrected chi connectivity index (χ3v) is 2.03. The summed E-state index contributed by atoms with van der Waals surface area (Å²) in [6.45, 7) is 8.65.